The first-order chi connectivity index (χ1) is 13.4. The predicted octanol–water partition coefficient (Wildman–Crippen LogP) is 4.39. The maximum absolute atomic E-state index is 6.04. The zero-order chi connectivity index (χ0) is 18.1. The van der Waals surface area contributed by atoms with Gasteiger partial charge in [0.2, 0.25) is 0 Å². The number of ether oxygens (including phenoxy) is 1. The van der Waals surface area contributed by atoms with Crippen LogP contribution in [0.1, 0.15) is 32.1 Å². The maximum atomic E-state index is 6.04. The van der Waals surface area contributed by atoms with Gasteiger partial charge in [-0.1, -0.05) is 6.42 Å². The topological polar surface area (TPSA) is 89.7 Å². The minimum atomic E-state index is 0.202. The van der Waals surface area contributed by atoms with Crippen LogP contribution in [0, 0.1) is 0 Å². The molecule has 4 heterocycles. The number of rotatable bonds is 4. The number of hydrogen-bond acceptors (Lipinski definition) is 6. The summed E-state index contributed by atoms with van der Waals surface area (Å²) >= 11 is 0. The van der Waals surface area contributed by atoms with Crippen molar-refractivity contribution in [2.45, 2.75) is 38.2 Å². The molecule has 0 atom stereocenters. The van der Waals surface area contributed by atoms with Crippen molar-refractivity contribution in [1.82, 2.24) is 25.1 Å². The monoisotopic (exact) mass is 361 g/mol. The van der Waals surface area contributed by atoms with Crippen LogP contribution in [0.15, 0.2) is 47.3 Å². The highest BCUT2D eigenvalue weighted by Gasteiger charge is 2.19. The SMILES string of the molecule is c1coc(-c2nc3[nH]ncc3cc2-c2ccnc(OC3CCCCC3)n2)c1. The number of H-pyrrole nitrogens is 1. The molecule has 136 valence electrons. The van der Waals surface area contributed by atoms with E-state index >= 15 is 0 Å². The van der Waals surface area contributed by atoms with Crippen LogP contribution in [-0.2, 0) is 0 Å². The first kappa shape index (κ1) is 16.0. The number of aromatic nitrogens is 5. The Balaban J connectivity index is 1.56. The summed E-state index contributed by atoms with van der Waals surface area (Å²) < 4.78 is 11.6. The second-order valence-electron chi connectivity index (χ2n) is 6.77. The Hall–Kier alpha value is -3.22. The second kappa shape index (κ2) is 6.83. The molecule has 4 aromatic heterocycles. The molecule has 7 nitrogen and oxygen atoms in total. The quantitative estimate of drug-likeness (QED) is 0.580. The summed E-state index contributed by atoms with van der Waals surface area (Å²) in [5.41, 5.74) is 3.02. The number of pyridine rings is 1. The molecule has 0 spiro atoms. The molecule has 5 rings (SSSR count). The van der Waals surface area contributed by atoms with E-state index in [0.29, 0.717) is 23.1 Å². The van der Waals surface area contributed by atoms with E-state index in [2.05, 4.69) is 25.1 Å². The fourth-order valence-corrected chi connectivity index (χ4v) is 3.56. The molecule has 1 aliphatic rings. The van der Waals surface area contributed by atoms with Gasteiger partial charge in [0.15, 0.2) is 11.4 Å². The number of nitrogens with zero attached hydrogens (tertiary/aromatic N) is 4. The van der Waals surface area contributed by atoms with Gasteiger partial charge in [0.25, 0.3) is 0 Å². The fraction of sp³-hybridized carbons (Fsp3) is 0.300. The van der Waals surface area contributed by atoms with Gasteiger partial charge in [0.1, 0.15) is 11.8 Å². The summed E-state index contributed by atoms with van der Waals surface area (Å²) in [4.78, 5) is 13.6. The third kappa shape index (κ3) is 3.16. The molecule has 4 aromatic rings. The molecule has 27 heavy (non-hydrogen) atoms. The fourth-order valence-electron chi connectivity index (χ4n) is 3.56. The first-order valence-corrected chi connectivity index (χ1v) is 9.25. The number of hydrogen-bond donors (Lipinski definition) is 1. The highest BCUT2D eigenvalue weighted by atomic mass is 16.5. The summed E-state index contributed by atoms with van der Waals surface area (Å²) in [5, 5.41) is 7.89. The van der Waals surface area contributed by atoms with Crippen LogP contribution in [-0.4, -0.2) is 31.3 Å². The minimum absolute atomic E-state index is 0.202. The van der Waals surface area contributed by atoms with Crippen molar-refractivity contribution in [3.8, 4) is 28.7 Å². The molecule has 1 N–H and O–H groups in total. The Morgan fingerprint density at radius 2 is 2.04 bits per heavy atom. The lowest BCUT2D eigenvalue weighted by atomic mass is 9.98. The molecule has 0 aliphatic heterocycles. The number of nitrogens with one attached hydrogen (secondary N) is 1. The van der Waals surface area contributed by atoms with Crippen molar-refractivity contribution in [1.29, 1.82) is 0 Å². The van der Waals surface area contributed by atoms with E-state index in [1.54, 1.807) is 18.7 Å². The molecule has 0 amide bonds. The summed E-state index contributed by atoms with van der Waals surface area (Å²) in [5.74, 6) is 0.676. The highest BCUT2D eigenvalue weighted by Crippen LogP contribution is 2.33. The van der Waals surface area contributed by atoms with Gasteiger partial charge in [-0.25, -0.2) is 9.97 Å². The van der Waals surface area contributed by atoms with Crippen LogP contribution in [0.25, 0.3) is 33.7 Å². The second-order valence-corrected chi connectivity index (χ2v) is 6.77. The van der Waals surface area contributed by atoms with Crippen LogP contribution < -0.4 is 4.74 Å². The van der Waals surface area contributed by atoms with Crippen LogP contribution in [0.3, 0.4) is 0 Å². The van der Waals surface area contributed by atoms with Gasteiger partial charge in [0, 0.05) is 17.1 Å². The molecule has 0 aromatic carbocycles. The third-order valence-electron chi connectivity index (χ3n) is 4.91. The van der Waals surface area contributed by atoms with Crippen LogP contribution in [0.5, 0.6) is 6.01 Å². The minimum Gasteiger partial charge on any atom is -0.463 e. The van der Waals surface area contributed by atoms with E-state index in [4.69, 9.17) is 9.15 Å². The molecule has 1 aliphatic carbocycles. The van der Waals surface area contributed by atoms with E-state index in [0.717, 1.165) is 29.5 Å². The molecule has 0 unspecified atom stereocenters. The Bertz CT molecular complexity index is 1050. The first-order valence-electron chi connectivity index (χ1n) is 9.25. The lowest BCUT2D eigenvalue weighted by Crippen LogP contribution is -2.20. The molecule has 1 fully saturated rings. The molecule has 0 saturated heterocycles. The Kier molecular flexibility index (Phi) is 4.04. The standard InChI is InChI=1S/C20H19N5O2/c1-2-5-14(6-3-1)27-20-21-9-8-16(23-20)15-11-13-12-22-25-19(13)24-18(15)17-7-4-10-26-17/h4,7-12,14H,1-3,5-6H2,(H,22,24,25). The molecule has 1 saturated carbocycles. The van der Waals surface area contributed by atoms with Gasteiger partial charge in [-0.2, -0.15) is 10.1 Å². The van der Waals surface area contributed by atoms with Crippen molar-refractivity contribution in [3.05, 3.63) is 42.9 Å². The molecule has 0 radical (unpaired) electrons. The van der Waals surface area contributed by atoms with Gasteiger partial charge < -0.3 is 9.15 Å². The van der Waals surface area contributed by atoms with Gasteiger partial charge in [-0.05, 0) is 49.9 Å². The number of aromatic amines is 1. The van der Waals surface area contributed by atoms with Crippen molar-refractivity contribution in [3.63, 3.8) is 0 Å². The maximum Gasteiger partial charge on any atom is 0.317 e. The van der Waals surface area contributed by atoms with Gasteiger partial charge in [-0.15, -0.1) is 0 Å². The van der Waals surface area contributed by atoms with E-state index in [-0.39, 0.29) is 6.10 Å². The zero-order valence-corrected chi connectivity index (χ0v) is 14.8. The number of furan rings is 1. The molecule has 7 heteroatoms. The Labute approximate surface area is 155 Å². The van der Waals surface area contributed by atoms with Crippen LogP contribution in [0.2, 0.25) is 0 Å². The smallest absolute Gasteiger partial charge is 0.317 e. The van der Waals surface area contributed by atoms with E-state index in [1.165, 1.54) is 19.3 Å². The summed E-state index contributed by atoms with van der Waals surface area (Å²) in [6.07, 6.45) is 11.1. The van der Waals surface area contributed by atoms with Gasteiger partial charge in [0.05, 0.1) is 18.2 Å². The van der Waals surface area contributed by atoms with Gasteiger partial charge in [-0.3, -0.25) is 5.10 Å². The van der Waals surface area contributed by atoms with E-state index in [9.17, 15) is 0 Å². The third-order valence-corrected chi connectivity index (χ3v) is 4.91. The molecule has 0 bridgehead atoms. The summed E-state index contributed by atoms with van der Waals surface area (Å²) in [6, 6.07) is 8.01. The van der Waals surface area contributed by atoms with Crippen LogP contribution >= 0.6 is 0 Å². The largest absolute Gasteiger partial charge is 0.463 e. The van der Waals surface area contributed by atoms with Crippen molar-refractivity contribution < 1.29 is 9.15 Å². The molecular weight excluding hydrogens is 342 g/mol. The summed E-state index contributed by atoms with van der Waals surface area (Å²) in [7, 11) is 0. The van der Waals surface area contributed by atoms with Crippen molar-refractivity contribution >= 4 is 11.0 Å². The van der Waals surface area contributed by atoms with Crippen LogP contribution in [0.4, 0.5) is 0 Å². The lowest BCUT2D eigenvalue weighted by Gasteiger charge is -2.21. The predicted molar refractivity (Wildman–Crippen MR) is 100 cm³/mol. The van der Waals surface area contributed by atoms with E-state index in [1.807, 2.05) is 24.3 Å². The van der Waals surface area contributed by atoms with Crippen molar-refractivity contribution in [2.24, 2.45) is 0 Å². The van der Waals surface area contributed by atoms with Gasteiger partial charge >= 0.3 is 6.01 Å². The lowest BCUT2D eigenvalue weighted by molar-refractivity contribution is 0.142. The average Bonchev–Trinajstić information content (AvgIpc) is 3.39. The van der Waals surface area contributed by atoms with Crippen molar-refractivity contribution in [2.75, 3.05) is 0 Å². The zero-order valence-electron chi connectivity index (χ0n) is 14.8. The van der Waals surface area contributed by atoms with E-state index < -0.39 is 0 Å². The highest BCUT2D eigenvalue weighted by molar-refractivity contribution is 5.87. The Morgan fingerprint density at radius 1 is 1.11 bits per heavy atom. The molecular formula is C20H19N5O2. The summed E-state index contributed by atoms with van der Waals surface area (Å²) in [6.45, 7) is 0. The number of fused-ring (bicyclic) bond motifs is 1. The average molecular weight is 361 g/mol. The normalized spacial score (nSPS) is 15.3. The Morgan fingerprint density at radius 3 is 2.89 bits per heavy atom.